The maximum atomic E-state index is 9.51. The average Bonchev–Trinajstić information content (AvgIpc) is 2.94. The van der Waals surface area contributed by atoms with Crippen LogP contribution in [0.1, 0.15) is 12.1 Å². The molecule has 0 fully saturated rings. The number of hydrogen-bond acceptors (Lipinski definition) is 6. The lowest BCUT2D eigenvalue weighted by molar-refractivity contribution is 0.0594. The fraction of sp³-hybridized carbons (Fsp3) is 0.429. The molecule has 0 bridgehead atoms. The molecule has 20 heavy (non-hydrogen) atoms. The summed E-state index contributed by atoms with van der Waals surface area (Å²) in [7, 11) is 1.59. The SMILES string of the molecule is COCC(O)CCNCc1csc(-c2ccccn2)n1. The van der Waals surface area contributed by atoms with Crippen molar-refractivity contribution in [3.63, 3.8) is 0 Å². The van der Waals surface area contributed by atoms with Gasteiger partial charge in [0.05, 0.1) is 24.1 Å². The van der Waals surface area contributed by atoms with E-state index in [2.05, 4.69) is 15.3 Å². The van der Waals surface area contributed by atoms with E-state index in [1.54, 1.807) is 24.6 Å². The summed E-state index contributed by atoms with van der Waals surface area (Å²) in [5.41, 5.74) is 1.90. The first-order valence-electron chi connectivity index (χ1n) is 6.53. The van der Waals surface area contributed by atoms with Crippen LogP contribution in [-0.2, 0) is 11.3 Å². The zero-order chi connectivity index (χ0) is 14.2. The van der Waals surface area contributed by atoms with E-state index in [-0.39, 0.29) is 0 Å². The molecule has 0 radical (unpaired) electrons. The zero-order valence-corrected chi connectivity index (χ0v) is 12.3. The summed E-state index contributed by atoms with van der Waals surface area (Å²) >= 11 is 1.59. The molecule has 5 nitrogen and oxygen atoms in total. The van der Waals surface area contributed by atoms with Gasteiger partial charge in [0.15, 0.2) is 0 Å². The van der Waals surface area contributed by atoms with Crippen molar-refractivity contribution < 1.29 is 9.84 Å². The zero-order valence-electron chi connectivity index (χ0n) is 11.5. The Labute approximate surface area is 122 Å². The van der Waals surface area contributed by atoms with Crippen molar-refractivity contribution in [1.29, 1.82) is 0 Å². The molecule has 2 rings (SSSR count). The largest absolute Gasteiger partial charge is 0.391 e. The third-order valence-corrected chi connectivity index (χ3v) is 3.67. The number of methoxy groups -OCH3 is 1. The highest BCUT2D eigenvalue weighted by atomic mass is 32.1. The highest BCUT2D eigenvalue weighted by Crippen LogP contribution is 2.21. The van der Waals surface area contributed by atoms with Crippen LogP contribution in [0.2, 0.25) is 0 Å². The second-order valence-electron chi connectivity index (χ2n) is 4.43. The number of aliphatic hydroxyl groups is 1. The van der Waals surface area contributed by atoms with Crippen LogP contribution in [0.15, 0.2) is 29.8 Å². The topological polar surface area (TPSA) is 67.3 Å². The van der Waals surface area contributed by atoms with Crippen molar-refractivity contribution in [2.45, 2.75) is 19.1 Å². The molecule has 2 aromatic heterocycles. The second-order valence-corrected chi connectivity index (χ2v) is 5.29. The minimum atomic E-state index is -0.410. The fourth-order valence-corrected chi connectivity index (χ4v) is 2.55. The van der Waals surface area contributed by atoms with E-state index in [0.717, 1.165) is 22.9 Å². The van der Waals surface area contributed by atoms with E-state index < -0.39 is 6.10 Å². The Morgan fingerprint density at radius 2 is 2.35 bits per heavy atom. The van der Waals surface area contributed by atoms with Gasteiger partial charge >= 0.3 is 0 Å². The summed E-state index contributed by atoms with van der Waals surface area (Å²) in [4.78, 5) is 8.82. The Hall–Kier alpha value is -1.34. The molecule has 2 aromatic rings. The number of ether oxygens (including phenoxy) is 1. The van der Waals surface area contributed by atoms with Gasteiger partial charge in [0.2, 0.25) is 0 Å². The van der Waals surface area contributed by atoms with Gasteiger partial charge in [0.1, 0.15) is 5.01 Å². The van der Waals surface area contributed by atoms with Gasteiger partial charge in [-0.3, -0.25) is 4.98 Å². The minimum absolute atomic E-state index is 0.377. The number of thiazole rings is 1. The maximum Gasteiger partial charge on any atom is 0.142 e. The van der Waals surface area contributed by atoms with Crippen molar-refractivity contribution in [2.75, 3.05) is 20.3 Å². The van der Waals surface area contributed by atoms with Crippen LogP contribution < -0.4 is 5.32 Å². The molecule has 2 heterocycles. The molecule has 1 unspecified atom stereocenters. The molecular weight excluding hydrogens is 274 g/mol. The number of pyridine rings is 1. The van der Waals surface area contributed by atoms with Crippen molar-refractivity contribution in [3.8, 4) is 10.7 Å². The molecule has 6 heteroatoms. The highest BCUT2D eigenvalue weighted by molar-refractivity contribution is 7.13. The smallest absolute Gasteiger partial charge is 0.142 e. The van der Waals surface area contributed by atoms with Crippen LogP contribution in [-0.4, -0.2) is 41.4 Å². The molecular formula is C14H19N3O2S. The molecule has 1 atom stereocenters. The van der Waals surface area contributed by atoms with Crippen LogP contribution >= 0.6 is 11.3 Å². The van der Waals surface area contributed by atoms with Gasteiger partial charge in [0, 0.05) is 25.2 Å². The van der Waals surface area contributed by atoms with E-state index in [0.29, 0.717) is 19.6 Å². The molecule has 0 saturated heterocycles. The Kier molecular flexibility index (Phi) is 6.07. The summed E-state index contributed by atoms with van der Waals surface area (Å²) < 4.78 is 4.88. The van der Waals surface area contributed by atoms with Crippen LogP contribution in [0.5, 0.6) is 0 Å². The molecule has 0 saturated carbocycles. The molecule has 108 valence electrons. The predicted octanol–water partition coefficient (Wildman–Crippen LogP) is 1.69. The standard InChI is InChI=1S/C14H19N3O2S/c1-19-9-12(18)5-7-15-8-11-10-20-14(17-11)13-4-2-3-6-16-13/h2-4,6,10,12,15,18H,5,7-9H2,1H3. The summed E-state index contributed by atoms with van der Waals surface area (Å²) in [5.74, 6) is 0. The first-order valence-corrected chi connectivity index (χ1v) is 7.41. The van der Waals surface area contributed by atoms with E-state index in [1.165, 1.54) is 0 Å². The molecule has 0 aliphatic rings. The predicted molar refractivity (Wildman–Crippen MR) is 79.6 cm³/mol. The summed E-state index contributed by atoms with van der Waals surface area (Å²) in [6.07, 6.45) is 2.03. The summed E-state index contributed by atoms with van der Waals surface area (Å²) in [6, 6.07) is 5.81. The normalized spacial score (nSPS) is 12.5. The average molecular weight is 293 g/mol. The number of aliphatic hydroxyl groups excluding tert-OH is 1. The molecule has 0 aliphatic carbocycles. The van der Waals surface area contributed by atoms with Crippen LogP contribution in [0.3, 0.4) is 0 Å². The van der Waals surface area contributed by atoms with E-state index >= 15 is 0 Å². The number of nitrogens with zero attached hydrogens (tertiary/aromatic N) is 2. The number of aromatic nitrogens is 2. The van der Waals surface area contributed by atoms with Gasteiger partial charge in [-0.2, -0.15) is 0 Å². The molecule has 0 aliphatic heterocycles. The van der Waals surface area contributed by atoms with Crippen molar-refractivity contribution in [1.82, 2.24) is 15.3 Å². The van der Waals surface area contributed by atoms with Gasteiger partial charge in [-0.05, 0) is 25.1 Å². The van der Waals surface area contributed by atoms with Gasteiger partial charge in [-0.1, -0.05) is 6.07 Å². The second kappa shape index (κ2) is 8.06. The van der Waals surface area contributed by atoms with Crippen LogP contribution in [0, 0.1) is 0 Å². The monoisotopic (exact) mass is 293 g/mol. The molecule has 0 spiro atoms. The van der Waals surface area contributed by atoms with Crippen LogP contribution in [0.4, 0.5) is 0 Å². The van der Waals surface area contributed by atoms with Crippen LogP contribution in [0.25, 0.3) is 10.7 Å². The molecule has 0 aromatic carbocycles. The highest BCUT2D eigenvalue weighted by Gasteiger charge is 2.06. The lowest BCUT2D eigenvalue weighted by Crippen LogP contribution is -2.23. The third-order valence-electron chi connectivity index (χ3n) is 2.76. The first kappa shape index (κ1) is 15.1. The molecule has 2 N–H and O–H groups in total. The quantitative estimate of drug-likeness (QED) is 0.725. The molecule has 0 amide bonds. The number of nitrogens with one attached hydrogen (secondary N) is 1. The lowest BCUT2D eigenvalue weighted by atomic mass is 10.2. The Morgan fingerprint density at radius 3 is 3.10 bits per heavy atom. The van der Waals surface area contributed by atoms with Gasteiger partial charge in [-0.15, -0.1) is 11.3 Å². The summed E-state index contributed by atoms with van der Waals surface area (Å²) in [5, 5.41) is 15.7. The van der Waals surface area contributed by atoms with Crippen molar-refractivity contribution in [3.05, 3.63) is 35.5 Å². The first-order chi connectivity index (χ1) is 9.79. The Bertz CT molecular complexity index is 504. The van der Waals surface area contributed by atoms with E-state index in [9.17, 15) is 5.11 Å². The number of rotatable bonds is 8. The summed E-state index contributed by atoms with van der Waals surface area (Å²) in [6.45, 7) is 1.81. The van der Waals surface area contributed by atoms with Crippen molar-refractivity contribution >= 4 is 11.3 Å². The lowest BCUT2D eigenvalue weighted by Gasteiger charge is -2.09. The Balaban J connectivity index is 1.76. The maximum absolute atomic E-state index is 9.51. The van der Waals surface area contributed by atoms with E-state index in [4.69, 9.17) is 4.74 Å². The van der Waals surface area contributed by atoms with Gasteiger partial charge < -0.3 is 15.2 Å². The number of hydrogen-bond donors (Lipinski definition) is 2. The van der Waals surface area contributed by atoms with Crippen molar-refractivity contribution in [2.24, 2.45) is 0 Å². The van der Waals surface area contributed by atoms with Gasteiger partial charge in [0.25, 0.3) is 0 Å². The fourth-order valence-electron chi connectivity index (χ4n) is 1.76. The minimum Gasteiger partial charge on any atom is -0.391 e. The third kappa shape index (κ3) is 4.64. The Morgan fingerprint density at radius 1 is 1.45 bits per heavy atom. The van der Waals surface area contributed by atoms with E-state index in [1.807, 2.05) is 23.6 Å². The van der Waals surface area contributed by atoms with Gasteiger partial charge in [-0.25, -0.2) is 4.98 Å².